The van der Waals surface area contributed by atoms with Crippen molar-refractivity contribution in [3.05, 3.63) is 35.9 Å². The summed E-state index contributed by atoms with van der Waals surface area (Å²) in [5.41, 5.74) is 1.29. The molecule has 2 aliphatic rings. The van der Waals surface area contributed by atoms with Gasteiger partial charge in [0.2, 0.25) is 0 Å². The molecule has 0 spiro atoms. The summed E-state index contributed by atoms with van der Waals surface area (Å²) in [6.45, 7) is 6.34. The van der Waals surface area contributed by atoms with Crippen LogP contribution in [0.15, 0.2) is 30.3 Å². The maximum Gasteiger partial charge on any atom is 0.282 e. The molecule has 5 nitrogen and oxygen atoms in total. The molecule has 0 aliphatic carbocycles. The third-order valence-electron chi connectivity index (χ3n) is 4.82. The lowest BCUT2D eigenvalue weighted by Gasteiger charge is -2.38. The van der Waals surface area contributed by atoms with Gasteiger partial charge >= 0.3 is 0 Å². The van der Waals surface area contributed by atoms with Crippen LogP contribution in [0.2, 0.25) is 0 Å². The summed E-state index contributed by atoms with van der Waals surface area (Å²) >= 11 is 0. The van der Waals surface area contributed by atoms with E-state index in [1.807, 2.05) is 6.07 Å². The van der Waals surface area contributed by atoms with Gasteiger partial charge in [-0.1, -0.05) is 30.3 Å². The highest BCUT2D eigenvalue weighted by Gasteiger charge is 2.34. The van der Waals surface area contributed by atoms with Crippen molar-refractivity contribution in [2.45, 2.75) is 25.8 Å². The van der Waals surface area contributed by atoms with Crippen LogP contribution in [0.5, 0.6) is 0 Å². The largest absolute Gasteiger partial charge is 0.294 e. The first-order valence-electron chi connectivity index (χ1n) is 8.13. The van der Waals surface area contributed by atoms with Crippen LogP contribution in [0.25, 0.3) is 0 Å². The van der Waals surface area contributed by atoms with Crippen LogP contribution in [-0.2, 0) is 10.2 Å². The first-order chi connectivity index (χ1) is 10.6. The third-order valence-corrected chi connectivity index (χ3v) is 6.86. The Morgan fingerprint density at radius 3 is 2.00 bits per heavy atom. The number of rotatable bonds is 4. The summed E-state index contributed by atoms with van der Waals surface area (Å²) in [4.78, 5) is 2.37. The number of benzene rings is 1. The molecule has 6 heteroatoms. The van der Waals surface area contributed by atoms with Gasteiger partial charge in [0.25, 0.3) is 10.2 Å². The number of nitrogens with zero attached hydrogens (tertiary/aromatic N) is 3. The molecular formula is C16H25N3O2S. The normalized spacial score (nSPS) is 23.7. The quantitative estimate of drug-likeness (QED) is 0.847. The molecule has 0 N–H and O–H groups in total. The van der Waals surface area contributed by atoms with Gasteiger partial charge in [-0.25, -0.2) is 0 Å². The molecule has 0 aromatic heterocycles. The van der Waals surface area contributed by atoms with E-state index in [0.29, 0.717) is 32.2 Å². The molecule has 3 rings (SSSR count). The Morgan fingerprint density at radius 2 is 1.41 bits per heavy atom. The zero-order valence-electron chi connectivity index (χ0n) is 13.2. The van der Waals surface area contributed by atoms with Crippen molar-refractivity contribution in [1.29, 1.82) is 0 Å². The molecule has 1 aromatic carbocycles. The maximum absolute atomic E-state index is 12.6. The number of hydrogen-bond acceptors (Lipinski definition) is 3. The van der Waals surface area contributed by atoms with Gasteiger partial charge in [0.15, 0.2) is 0 Å². The van der Waals surface area contributed by atoms with Crippen molar-refractivity contribution in [3.8, 4) is 0 Å². The fourth-order valence-corrected chi connectivity index (χ4v) is 5.02. The van der Waals surface area contributed by atoms with Gasteiger partial charge in [-0.05, 0) is 25.3 Å². The Balaban J connectivity index is 1.60. The Bertz CT molecular complexity index is 577. The summed E-state index contributed by atoms with van der Waals surface area (Å²) in [6, 6.07) is 10.7. The van der Waals surface area contributed by atoms with E-state index in [1.54, 1.807) is 8.61 Å². The zero-order valence-corrected chi connectivity index (χ0v) is 14.0. The summed E-state index contributed by atoms with van der Waals surface area (Å²) in [6.07, 6.45) is 1.98. The van der Waals surface area contributed by atoms with Crippen LogP contribution in [0.4, 0.5) is 0 Å². The van der Waals surface area contributed by atoms with E-state index in [2.05, 4.69) is 36.1 Å². The molecule has 1 atom stereocenters. The van der Waals surface area contributed by atoms with Crippen LogP contribution in [0, 0.1) is 0 Å². The highest BCUT2D eigenvalue weighted by atomic mass is 32.2. The Morgan fingerprint density at radius 1 is 0.864 bits per heavy atom. The van der Waals surface area contributed by atoms with Gasteiger partial charge in [0, 0.05) is 45.3 Å². The van der Waals surface area contributed by atoms with E-state index in [9.17, 15) is 8.42 Å². The SMILES string of the molecule is CC(c1ccccc1)N1CCN(S(=O)(=O)N2CCCC2)CC1. The molecule has 2 aliphatic heterocycles. The standard InChI is InChI=1S/C16H25N3O2S/c1-15(16-7-3-2-4-8-16)17-11-13-19(14-12-17)22(20,21)18-9-5-6-10-18/h2-4,7-8,15H,5-6,9-14H2,1H3. The maximum atomic E-state index is 12.6. The lowest BCUT2D eigenvalue weighted by Crippen LogP contribution is -2.52. The molecule has 0 radical (unpaired) electrons. The van der Waals surface area contributed by atoms with Gasteiger partial charge in [-0.3, -0.25) is 4.90 Å². The molecule has 1 aromatic rings. The van der Waals surface area contributed by atoms with Gasteiger partial charge in [-0.15, -0.1) is 0 Å². The molecule has 0 bridgehead atoms. The average molecular weight is 323 g/mol. The van der Waals surface area contributed by atoms with Gasteiger partial charge in [0.1, 0.15) is 0 Å². The lowest BCUT2D eigenvalue weighted by molar-refractivity contribution is 0.142. The van der Waals surface area contributed by atoms with Crippen molar-refractivity contribution in [2.75, 3.05) is 39.3 Å². The van der Waals surface area contributed by atoms with E-state index < -0.39 is 10.2 Å². The Hall–Kier alpha value is -0.950. The molecule has 2 saturated heterocycles. The summed E-state index contributed by atoms with van der Waals surface area (Å²) in [5, 5.41) is 0. The van der Waals surface area contributed by atoms with Crippen molar-refractivity contribution in [2.24, 2.45) is 0 Å². The van der Waals surface area contributed by atoms with E-state index in [-0.39, 0.29) is 0 Å². The second kappa shape index (κ2) is 6.66. The van der Waals surface area contributed by atoms with Gasteiger partial charge in [-0.2, -0.15) is 17.0 Å². The van der Waals surface area contributed by atoms with Crippen molar-refractivity contribution in [1.82, 2.24) is 13.5 Å². The van der Waals surface area contributed by atoms with E-state index in [1.165, 1.54) is 5.56 Å². The van der Waals surface area contributed by atoms with Crippen molar-refractivity contribution < 1.29 is 8.42 Å². The summed E-state index contributed by atoms with van der Waals surface area (Å²) in [7, 11) is -3.24. The predicted octanol–water partition coefficient (Wildman–Crippen LogP) is 1.71. The lowest BCUT2D eigenvalue weighted by atomic mass is 10.1. The van der Waals surface area contributed by atoms with Crippen LogP contribution >= 0.6 is 0 Å². The number of hydrogen-bond donors (Lipinski definition) is 0. The molecule has 0 amide bonds. The summed E-state index contributed by atoms with van der Waals surface area (Å²) < 4.78 is 28.4. The molecule has 122 valence electrons. The van der Waals surface area contributed by atoms with Crippen LogP contribution in [0.3, 0.4) is 0 Å². The average Bonchev–Trinajstić information content (AvgIpc) is 3.10. The fourth-order valence-electron chi connectivity index (χ4n) is 3.35. The highest BCUT2D eigenvalue weighted by Crippen LogP contribution is 2.23. The predicted molar refractivity (Wildman–Crippen MR) is 87.7 cm³/mol. The smallest absolute Gasteiger partial charge is 0.282 e. The summed E-state index contributed by atoms with van der Waals surface area (Å²) in [5.74, 6) is 0. The monoisotopic (exact) mass is 323 g/mol. The molecule has 1 unspecified atom stereocenters. The second-order valence-electron chi connectivity index (χ2n) is 6.14. The minimum absolute atomic E-state index is 0.331. The van der Waals surface area contributed by atoms with Crippen molar-refractivity contribution in [3.63, 3.8) is 0 Å². The first kappa shape index (κ1) is 15.9. The topological polar surface area (TPSA) is 43.9 Å². The van der Waals surface area contributed by atoms with Gasteiger partial charge in [0.05, 0.1) is 0 Å². The number of piperazine rings is 1. The Kier molecular flexibility index (Phi) is 4.82. The molecule has 2 fully saturated rings. The second-order valence-corrected chi connectivity index (χ2v) is 8.06. The molecular weight excluding hydrogens is 298 g/mol. The third kappa shape index (κ3) is 3.20. The Labute approximate surface area is 133 Å². The minimum Gasteiger partial charge on any atom is -0.294 e. The first-order valence-corrected chi connectivity index (χ1v) is 9.53. The molecule has 22 heavy (non-hydrogen) atoms. The van der Waals surface area contributed by atoms with Crippen LogP contribution in [0.1, 0.15) is 31.4 Å². The van der Waals surface area contributed by atoms with Gasteiger partial charge < -0.3 is 0 Å². The fraction of sp³-hybridized carbons (Fsp3) is 0.625. The van der Waals surface area contributed by atoms with Crippen LogP contribution in [-0.4, -0.2) is 61.2 Å². The zero-order chi connectivity index (χ0) is 15.6. The molecule has 2 heterocycles. The van der Waals surface area contributed by atoms with E-state index >= 15 is 0 Å². The van der Waals surface area contributed by atoms with Crippen molar-refractivity contribution >= 4 is 10.2 Å². The highest BCUT2D eigenvalue weighted by molar-refractivity contribution is 7.86. The molecule has 0 saturated carbocycles. The van der Waals surface area contributed by atoms with E-state index in [0.717, 1.165) is 25.9 Å². The van der Waals surface area contributed by atoms with Crippen LogP contribution < -0.4 is 0 Å². The minimum atomic E-state index is -3.24. The van der Waals surface area contributed by atoms with E-state index in [4.69, 9.17) is 0 Å².